The number of carbonyl (C=O) groups is 1. The third-order valence-corrected chi connectivity index (χ3v) is 7.17. The Morgan fingerprint density at radius 1 is 1.09 bits per heavy atom. The molecule has 1 N–H and O–H groups in total. The zero-order valence-electron chi connectivity index (χ0n) is 18.9. The van der Waals surface area contributed by atoms with E-state index in [-0.39, 0.29) is 36.0 Å². The Bertz CT molecular complexity index is 1390. The number of fused-ring (bicyclic) bond motifs is 2. The van der Waals surface area contributed by atoms with Gasteiger partial charge in [0.2, 0.25) is 10.0 Å². The van der Waals surface area contributed by atoms with Crippen LogP contribution in [0.1, 0.15) is 33.5 Å². The molecule has 10 heteroatoms. The molecule has 34 heavy (non-hydrogen) atoms. The Morgan fingerprint density at radius 3 is 2.59 bits per heavy atom. The van der Waals surface area contributed by atoms with Gasteiger partial charge in [-0.1, -0.05) is 0 Å². The minimum atomic E-state index is -3.96. The van der Waals surface area contributed by atoms with Crippen molar-refractivity contribution in [3.8, 4) is 5.75 Å². The number of benzene rings is 2. The largest absolute Gasteiger partial charge is 0.495 e. The third kappa shape index (κ3) is 4.98. The first-order chi connectivity index (χ1) is 16.3. The lowest BCUT2D eigenvalue weighted by atomic mass is 10.0. The Morgan fingerprint density at radius 2 is 1.85 bits per heavy atom. The lowest BCUT2D eigenvalue weighted by Crippen LogP contribution is -2.27. The van der Waals surface area contributed by atoms with E-state index >= 15 is 0 Å². The molecule has 0 saturated carbocycles. The lowest BCUT2D eigenvalue weighted by Gasteiger charge is -2.13. The van der Waals surface area contributed by atoms with Gasteiger partial charge in [-0.05, 0) is 60.7 Å². The quantitative estimate of drug-likeness (QED) is 0.278. The summed E-state index contributed by atoms with van der Waals surface area (Å²) in [4.78, 5) is 24.6. The molecule has 4 rings (SSSR count). The van der Waals surface area contributed by atoms with Crippen LogP contribution in [0.4, 0.5) is 0 Å². The second kappa shape index (κ2) is 9.96. The maximum Gasteiger partial charge on any atom is 0.338 e. The van der Waals surface area contributed by atoms with E-state index in [0.717, 1.165) is 24.8 Å². The van der Waals surface area contributed by atoms with Gasteiger partial charge in [0.1, 0.15) is 22.8 Å². The van der Waals surface area contributed by atoms with Crippen molar-refractivity contribution < 1.29 is 31.8 Å². The first-order valence-corrected chi connectivity index (χ1v) is 12.2. The molecule has 0 aliphatic heterocycles. The van der Waals surface area contributed by atoms with Crippen molar-refractivity contribution in [1.29, 1.82) is 0 Å². The van der Waals surface area contributed by atoms with Gasteiger partial charge in [0.25, 0.3) is 0 Å². The molecule has 0 spiro atoms. The Labute approximate surface area is 196 Å². The van der Waals surface area contributed by atoms with Crippen molar-refractivity contribution in [3.63, 3.8) is 0 Å². The summed E-state index contributed by atoms with van der Waals surface area (Å²) >= 11 is 0. The van der Waals surface area contributed by atoms with Gasteiger partial charge >= 0.3 is 11.6 Å². The minimum absolute atomic E-state index is 0.0288. The molecule has 0 unspecified atom stereocenters. The molecule has 0 amide bonds. The highest BCUT2D eigenvalue weighted by Gasteiger charge is 2.22. The number of esters is 1. The van der Waals surface area contributed by atoms with E-state index in [9.17, 15) is 18.0 Å². The van der Waals surface area contributed by atoms with E-state index in [1.165, 1.54) is 44.0 Å². The van der Waals surface area contributed by atoms with Gasteiger partial charge in [-0.25, -0.2) is 22.7 Å². The summed E-state index contributed by atoms with van der Waals surface area (Å²) in [5.74, 6) is -0.652. The van der Waals surface area contributed by atoms with Gasteiger partial charge in [-0.3, -0.25) is 0 Å². The number of ether oxygens (including phenoxy) is 3. The molecule has 0 saturated heterocycles. The van der Waals surface area contributed by atoms with E-state index in [0.29, 0.717) is 16.5 Å². The molecule has 0 atom stereocenters. The number of sulfonamides is 1. The monoisotopic (exact) mass is 487 g/mol. The molecule has 0 bridgehead atoms. The van der Waals surface area contributed by atoms with E-state index in [1.54, 1.807) is 0 Å². The summed E-state index contributed by atoms with van der Waals surface area (Å²) in [5, 5.41) is 0.716. The summed E-state index contributed by atoms with van der Waals surface area (Å²) in [5.41, 5.74) is 2.84. The van der Waals surface area contributed by atoms with Crippen LogP contribution in [0.2, 0.25) is 0 Å². The number of hydrogen-bond donors (Lipinski definition) is 1. The SMILES string of the molecule is COCCNS(=O)(=O)c1cc(C(=O)OCc2cc(=O)oc3cc4c(cc23)CCC4)ccc1OC. The summed E-state index contributed by atoms with van der Waals surface area (Å²) in [6.45, 7) is 0.0788. The van der Waals surface area contributed by atoms with E-state index < -0.39 is 21.6 Å². The molecule has 1 heterocycles. The molecule has 1 aromatic heterocycles. The molecule has 0 radical (unpaired) electrons. The average molecular weight is 488 g/mol. The normalized spacial score (nSPS) is 13.1. The fourth-order valence-corrected chi connectivity index (χ4v) is 5.22. The maximum absolute atomic E-state index is 12.8. The highest BCUT2D eigenvalue weighted by atomic mass is 32.2. The van der Waals surface area contributed by atoms with Gasteiger partial charge in [-0.2, -0.15) is 0 Å². The number of nitrogens with one attached hydrogen (secondary N) is 1. The van der Waals surface area contributed by atoms with E-state index in [2.05, 4.69) is 4.72 Å². The lowest BCUT2D eigenvalue weighted by molar-refractivity contribution is 0.0473. The second-order valence-electron chi connectivity index (χ2n) is 7.89. The van der Waals surface area contributed by atoms with Gasteiger partial charge in [-0.15, -0.1) is 0 Å². The highest BCUT2D eigenvalue weighted by Crippen LogP contribution is 2.29. The van der Waals surface area contributed by atoms with Crippen molar-refractivity contribution >= 4 is 27.0 Å². The third-order valence-electron chi connectivity index (χ3n) is 5.69. The molecule has 9 nitrogen and oxygen atoms in total. The molecular weight excluding hydrogens is 462 g/mol. The number of hydrogen-bond acceptors (Lipinski definition) is 8. The maximum atomic E-state index is 12.8. The highest BCUT2D eigenvalue weighted by molar-refractivity contribution is 7.89. The zero-order valence-corrected chi connectivity index (χ0v) is 19.7. The van der Waals surface area contributed by atoms with Gasteiger partial charge in [0.15, 0.2) is 0 Å². The minimum Gasteiger partial charge on any atom is -0.495 e. The van der Waals surface area contributed by atoms with Crippen molar-refractivity contribution in [2.24, 2.45) is 0 Å². The van der Waals surface area contributed by atoms with Crippen LogP contribution >= 0.6 is 0 Å². The van der Waals surface area contributed by atoms with Crippen molar-refractivity contribution in [1.82, 2.24) is 4.72 Å². The molecule has 1 aliphatic rings. The Hall–Kier alpha value is -3.21. The summed E-state index contributed by atoms with van der Waals surface area (Å²) in [7, 11) is -1.16. The number of rotatable bonds is 9. The molecule has 0 fully saturated rings. The van der Waals surface area contributed by atoms with Gasteiger partial charge in [0.05, 0.1) is 19.3 Å². The van der Waals surface area contributed by atoms with Gasteiger partial charge < -0.3 is 18.6 Å². The van der Waals surface area contributed by atoms with Crippen molar-refractivity contribution in [2.75, 3.05) is 27.4 Å². The van der Waals surface area contributed by atoms with Gasteiger partial charge in [0, 0.05) is 30.7 Å². The number of carbonyl (C=O) groups excluding carboxylic acids is 1. The van der Waals surface area contributed by atoms with E-state index in [1.807, 2.05) is 12.1 Å². The average Bonchev–Trinajstić information content (AvgIpc) is 3.28. The van der Waals surface area contributed by atoms with Crippen LogP contribution in [-0.2, 0) is 38.9 Å². The topological polar surface area (TPSA) is 121 Å². The fraction of sp³-hybridized carbons (Fsp3) is 0.333. The first kappa shape index (κ1) is 23.9. The molecular formula is C24H25NO8S. The number of aryl methyl sites for hydroxylation is 2. The predicted octanol–water partition coefficient (Wildman–Crippen LogP) is 2.57. The zero-order chi connectivity index (χ0) is 24.3. The van der Waals surface area contributed by atoms with Crippen LogP contribution in [0.5, 0.6) is 5.75 Å². The van der Waals surface area contributed by atoms with Crippen LogP contribution in [0.3, 0.4) is 0 Å². The van der Waals surface area contributed by atoms with Crippen molar-refractivity contribution in [2.45, 2.75) is 30.8 Å². The molecule has 2 aromatic carbocycles. The smallest absolute Gasteiger partial charge is 0.338 e. The Kier molecular flexibility index (Phi) is 7.01. The van der Waals surface area contributed by atoms with Crippen LogP contribution < -0.4 is 15.1 Å². The summed E-state index contributed by atoms with van der Waals surface area (Å²) in [6, 6.07) is 9.16. The Balaban J connectivity index is 1.58. The fourth-order valence-electron chi connectivity index (χ4n) is 4.01. The number of methoxy groups -OCH3 is 2. The van der Waals surface area contributed by atoms with Crippen LogP contribution in [0.15, 0.2) is 50.5 Å². The van der Waals surface area contributed by atoms with Crippen LogP contribution in [0.25, 0.3) is 11.0 Å². The standard InChI is InChI=1S/C24H25NO8S/c1-30-9-8-25-34(28,29)22-12-17(6-7-20(22)31-2)24(27)32-14-18-13-23(26)33-21-11-16-5-3-4-15(16)10-19(18)21/h6-7,10-13,25H,3-5,8-9,14H2,1-2H3. The van der Waals surface area contributed by atoms with E-state index in [4.69, 9.17) is 18.6 Å². The molecule has 1 aliphatic carbocycles. The summed E-state index contributed by atoms with van der Waals surface area (Å²) in [6.07, 6.45) is 2.94. The molecule has 3 aromatic rings. The van der Waals surface area contributed by atoms with Crippen LogP contribution in [-0.4, -0.2) is 41.8 Å². The molecule has 180 valence electrons. The van der Waals surface area contributed by atoms with Crippen LogP contribution in [0, 0.1) is 0 Å². The predicted molar refractivity (Wildman–Crippen MR) is 124 cm³/mol. The van der Waals surface area contributed by atoms with Crippen molar-refractivity contribution in [3.05, 3.63) is 69.1 Å². The second-order valence-corrected chi connectivity index (χ2v) is 9.63. The summed E-state index contributed by atoms with van der Waals surface area (Å²) < 4.78 is 48.5. The first-order valence-electron chi connectivity index (χ1n) is 10.7.